The second-order valence-electron chi connectivity index (χ2n) is 4.12. The van der Waals surface area contributed by atoms with Crippen molar-refractivity contribution in [3.8, 4) is 0 Å². The summed E-state index contributed by atoms with van der Waals surface area (Å²) in [7, 11) is 0. The summed E-state index contributed by atoms with van der Waals surface area (Å²) in [5, 5.41) is 9.81. The predicted molar refractivity (Wildman–Crippen MR) is 59.3 cm³/mol. The average Bonchev–Trinajstić information content (AvgIpc) is 2.44. The maximum Gasteiger partial charge on any atom is 0.200 e. The molecule has 0 bridgehead atoms. The maximum atomic E-state index is 13.5. The van der Waals surface area contributed by atoms with Gasteiger partial charge in [-0.25, -0.2) is 22.0 Å². The highest BCUT2D eigenvalue weighted by Gasteiger charge is 2.30. The molecule has 1 unspecified atom stereocenters. The van der Waals surface area contributed by atoms with E-state index >= 15 is 0 Å². The molecule has 0 fully saturated rings. The molecule has 0 spiro atoms. The van der Waals surface area contributed by atoms with Gasteiger partial charge in [-0.3, -0.25) is 4.98 Å². The van der Waals surface area contributed by atoms with E-state index in [-0.39, 0.29) is 5.56 Å². The lowest BCUT2D eigenvalue weighted by atomic mass is 10.0. The monoisotopic (exact) mass is 289 g/mol. The van der Waals surface area contributed by atoms with Crippen molar-refractivity contribution in [2.24, 2.45) is 0 Å². The van der Waals surface area contributed by atoms with Gasteiger partial charge in [0, 0.05) is 17.5 Å². The first-order chi connectivity index (χ1) is 9.34. The van der Waals surface area contributed by atoms with Crippen LogP contribution in [-0.2, 0) is 0 Å². The summed E-state index contributed by atoms with van der Waals surface area (Å²) in [6.45, 7) is 1.63. The van der Waals surface area contributed by atoms with E-state index in [1.165, 1.54) is 12.1 Å². The van der Waals surface area contributed by atoms with Gasteiger partial charge in [0.15, 0.2) is 23.3 Å². The molecule has 0 amide bonds. The van der Waals surface area contributed by atoms with Crippen molar-refractivity contribution in [2.75, 3.05) is 0 Å². The molecular formula is C13H8F5NO. The average molecular weight is 289 g/mol. The predicted octanol–water partition coefficient (Wildman–Crippen LogP) is 3.17. The number of aromatic nitrogens is 1. The number of aliphatic hydroxyl groups is 1. The van der Waals surface area contributed by atoms with Crippen LogP contribution in [0.15, 0.2) is 18.3 Å². The molecule has 2 nitrogen and oxygen atoms in total. The molecular weight excluding hydrogens is 281 g/mol. The van der Waals surface area contributed by atoms with Crippen LogP contribution in [0.1, 0.15) is 22.9 Å². The minimum Gasteiger partial charge on any atom is -0.383 e. The molecule has 0 saturated carbocycles. The molecule has 0 aliphatic carbocycles. The number of pyridine rings is 1. The van der Waals surface area contributed by atoms with Crippen molar-refractivity contribution >= 4 is 0 Å². The molecule has 7 heteroatoms. The van der Waals surface area contributed by atoms with Crippen molar-refractivity contribution in [1.82, 2.24) is 4.98 Å². The van der Waals surface area contributed by atoms with Gasteiger partial charge >= 0.3 is 0 Å². The molecule has 1 N–H and O–H groups in total. The van der Waals surface area contributed by atoms with Crippen LogP contribution < -0.4 is 0 Å². The van der Waals surface area contributed by atoms with Crippen molar-refractivity contribution in [1.29, 1.82) is 0 Å². The lowest BCUT2D eigenvalue weighted by Crippen LogP contribution is -2.12. The van der Waals surface area contributed by atoms with Gasteiger partial charge in [0.2, 0.25) is 5.82 Å². The lowest BCUT2D eigenvalue weighted by molar-refractivity contribution is 0.202. The molecule has 20 heavy (non-hydrogen) atoms. The quantitative estimate of drug-likeness (QED) is 0.523. The van der Waals surface area contributed by atoms with Crippen LogP contribution in [0.5, 0.6) is 0 Å². The molecule has 0 aliphatic rings. The Morgan fingerprint density at radius 2 is 1.40 bits per heavy atom. The standard InChI is InChI=1S/C13H8F5NO/c1-5-2-3-6(4-19-5)13(20)7-8(14)10(16)12(18)11(17)9(7)15/h2-4,13,20H,1H3. The van der Waals surface area contributed by atoms with Gasteiger partial charge < -0.3 is 5.11 Å². The molecule has 0 radical (unpaired) electrons. The summed E-state index contributed by atoms with van der Waals surface area (Å²) < 4.78 is 66.0. The first kappa shape index (κ1) is 14.4. The van der Waals surface area contributed by atoms with Gasteiger partial charge in [-0.15, -0.1) is 0 Å². The van der Waals surface area contributed by atoms with Crippen molar-refractivity contribution in [3.63, 3.8) is 0 Å². The van der Waals surface area contributed by atoms with Gasteiger partial charge in [0.1, 0.15) is 6.10 Å². The fraction of sp³-hybridized carbons (Fsp3) is 0.154. The number of nitrogens with zero attached hydrogens (tertiary/aromatic N) is 1. The third-order valence-corrected chi connectivity index (χ3v) is 2.77. The molecule has 2 aromatic rings. The summed E-state index contributed by atoms with van der Waals surface area (Å²) in [5.74, 6) is -10.6. The summed E-state index contributed by atoms with van der Waals surface area (Å²) >= 11 is 0. The molecule has 2 rings (SSSR count). The van der Waals surface area contributed by atoms with Crippen LogP contribution in [0.3, 0.4) is 0 Å². The minimum atomic E-state index is -2.27. The number of aliphatic hydroxyl groups excluding tert-OH is 1. The third-order valence-electron chi connectivity index (χ3n) is 2.77. The zero-order valence-electron chi connectivity index (χ0n) is 10.1. The smallest absolute Gasteiger partial charge is 0.200 e. The summed E-state index contributed by atoms with van der Waals surface area (Å²) in [5.41, 5.74) is -0.816. The van der Waals surface area contributed by atoms with Gasteiger partial charge in [-0.2, -0.15) is 0 Å². The number of benzene rings is 1. The molecule has 1 aromatic carbocycles. The highest BCUT2D eigenvalue weighted by Crippen LogP contribution is 2.31. The normalized spacial score (nSPS) is 12.6. The molecule has 106 valence electrons. The maximum absolute atomic E-state index is 13.5. The Hall–Kier alpha value is -2.02. The summed E-state index contributed by atoms with van der Waals surface area (Å²) in [6, 6.07) is 2.72. The van der Waals surface area contributed by atoms with Crippen molar-refractivity contribution < 1.29 is 27.1 Å². The highest BCUT2D eigenvalue weighted by molar-refractivity contribution is 5.33. The number of halogens is 5. The van der Waals surface area contributed by atoms with Crippen molar-refractivity contribution in [2.45, 2.75) is 13.0 Å². The highest BCUT2D eigenvalue weighted by atomic mass is 19.2. The fourth-order valence-electron chi connectivity index (χ4n) is 1.67. The number of hydrogen-bond donors (Lipinski definition) is 1. The van der Waals surface area contributed by atoms with E-state index in [1.807, 2.05) is 0 Å². The lowest BCUT2D eigenvalue weighted by Gasteiger charge is -2.14. The Kier molecular flexibility index (Phi) is 3.71. The summed E-state index contributed by atoms with van der Waals surface area (Å²) in [6.07, 6.45) is -0.911. The number of rotatable bonds is 2. The van der Waals surface area contributed by atoms with E-state index in [0.29, 0.717) is 5.69 Å². The Bertz CT molecular complexity index is 628. The summed E-state index contributed by atoms with van der Waals surface area (Å²) in [4.78, 5) is 3.78. The second-order valence-corrected chi connectivity index (χ2v) is 4.12. The van der Waals surface area contributed by atoms with E-state index < -0.39 is 40.8 Å². The van der Waals surface area contributed by atoms with Crippen LogP contribution >= 0.6 is 0 Å². The molecule has 0 aliphatic heterocycles. The van der Waals surface area contributed by atoms with Crippen LogP contribution in [-0.4, -0.2) is 10.1 Å². The largest absolute Gasteiger partial charge is 0.383 e. The zero-order chi connectivity index (χ0) is 15.0. The molecule has 0 saturated heterocycles. The zero-order valence-corrected chi connectivity index (χ0v) is 10.1. The van der Waals surface area contributed by atoms with Crippen molar-refractivity contribution in [3.05, 3.63) is 64.2 Å². The first-order valence-corrected chi connectivity index (χ1v) is 5.46. The topological polar surface area (TPSA) is 33.1 Å². The van der Waals surface area contributed by atoms with Crippen LogP contribution in [0.2, 0.25) is 0 Å². The number of hydrogen-bond acceptors (Lipinski definition) is 2. The number of aryl methyl sites for hydroxylation is 1. The van der Waals surface area contributed by atoms with E-state index in [9.17, 15) is 27.1 Å². The Labute approximate surface area is 110 Å². The van der Waals surface area contributed by atoms with Crippen LogP contribution in [0.4, 0.5) is 22.0 Å². The first-order valence-electron chi connectivity index (χ1n) is 5.46. The van der Waals surface area contributed by atoms with Gasteiger partial charge in [-0.1, -0.05) is 6.07 Å². The minimum absolute atomic E-state index is 0.0844. The van der Waals surface area contributed by atoms with E-state index in [2.05, 4.69) is 4.98 Å². The van der Waals surface area contributed by atoms with E-state index in [1.54, 1.807) is 6.92 Å². The fourth-order valence-corrected chi connectivity index (χ4v) is 1.67. The van der Waals surface area contributed by atoms with Gasteiger partial charge in [0.05, 0.1) is 5.56 Å². The van der Waals surface area contributed by atoms with E-state index in [4.69, 9.17) is 0 Å². The second kappa shape index (κ2) is 5.16. The molecule has 1 heterocycles. The molecule has 1 atom stereocenters. The van der Waals surface area contributed by atoms with Gasteiger partial charge in [0.25, 0.3) is 0 Å². The van der Waals surface area contributed by atoms with Crippen LogP contribution in [0.25, 0.3) is 0 Å². The van der Waals surface area contributed by atoms with E-state index in [0.717, 1.165) is 6.20 Å². The van der Waals surface area contributed by atoms with Crippen LogP contribution in [0, 0.1) is 36.0 Å². The SMILES string of the molecule is Cc1ccc(C(O)c2c(F)c(F)c(F)c(F)c2F)cn1. The Balaban J connectivity index is 2.60. The Morgan fingerprint density at radius 1 is 0.900 bits per heavy atom. The van der Waals surface area contributed by atoms with Gasteiger partial charge in [-0.05, 0) is 13.0 Å². The third kappa shape index (κ3) is 2.24. The Morgan fingerprint density at radius 3 is 1.85 bits per heavy atom. The molecule has 1 aromatic heterocycles.